The molecule has 2 aromatic carbocycles. The van der Waals surface area contributed by atoms with E-state index in [1.807, 2.05) is 37.6 Å². The normalized spacial score (nSPS) is 10.9. The Hall–Kier alpha value is -2.58. The molecule has 1 N–H and O–H groups in total. The van der Waals surface area contributed by atoms with Gasteiger partial charge in [0.05, 0.1) is 5.69 Å². The van der Waals surface area contributed by atoms with Crippen LogP contribution in [0.3, 0.4) is 0 Å². The van der Waals surface area contributed by atoms with Crippen molar-refractivity contribution in [2.24, 2.45) is 4.99 Å². The monoisotopic (exact) mass is 309 g/mol. The van der Waals surface area contributed by atoms with E-state index in [0.717, 1.165) is 5.56 Å². The summed E-state index contributed by atoms with van der Waals surface area (Å²) in [6.45, 7) is 1.98. The molecule has 0 aromatic heterocycles. The number of nitrogens with zero attached hydrogens (tertiary/aromatic N) is 2. The molecule has 110 valence electrons. The molecular weight excluding hydrogens is 294 g/mol. The van der Waals surface area contributed by atoms with Gasteiger partial charge in [-0.05, 0) is 25.3 Å². The van der Waals surface area contributed by atoms with Gasteiger partial charge < -0.3 is 0 Å². The lowest BCUT2D eigenvalue weighted by molar-refractivity contribution is 0.103. The lowest BCUT2D eigenvalue weighted by atomic mass is 10.0. The number of benzene rings is 2. The standard InChI is InChI=1S/C17H15N3OS/c1-12-7-9-13(10-8-12)16(21)14-5-3-4-6-15(14)20-17(22-2)19-11-18/h3-10H,1-2H3,(H,19,20). The van der Waals surface area contributed by atoms with E-state index in [4.69, 9.17) is 5.26 Å². The molecule has 0 radical (unpaired) electrons. The molecule has 22 heavy (non-hydrogen) atoms. The number of carbonyl (C=O) groups is 1. The van der Waals surface area contributed by atoms with Crippen molar-refractivity contribution in [2.75, 3.05) is 6.26 Å². The van der Waals surface area contributed by atoms with Gasteiger partial charge in [0.1, 0.15) is 0 Å². The molecule has 0 fully saturated rings. The Morgan fingerprint density at radius 1 is 1.18 bits per heavy atom. The lowest BCUT2D eigenvalue weighted by Gasteiger charge is -2.07. The third kappa shape index (κ3) is 3.74. The number of para-hydroxylation sites is 1. The van der Waals surface area contributed by atoms with Crippen molar-refractivity contribution in [3.63, 3.8) is 0 Å². The third-order valence-electron chi connectivity index (χ3n) is 3.04. The van der Waals surface area contributed by atoms with E-state index in [1.165, 1.54) is 11.8 Å². The van der Waals surface area contributed by atoms with Gasteiger partial charge in [0.2, 0.25) is 0 Å². The van der Waals surface area contributed by atoms with E-state index in [0.29, 0.717) is 22.0 Å². The molecule has 0 amide bonds. The van der Waals surface area contributed by atoms with Crippen LogP contribution < -0.4 is 5.32 Å². The second kappa shape index (κ2) is 7.43. The second-order valence-electron chi connectivity index (χ2n) is 4.57. The molecule has 0 bridgehead atoms. The summed E-state index contributed by atoms with van der Waals surface area (Å²) in [5, 5.41) is 11.7. The Morgan fingerprint density at radius 3 is 2.50 bits per heavy atom. The zero-order valence-electron chi connectivity index (χ0n) is 12.3. The van der Waals surface area contributed by atoms with Crippen molar-refractivity contribution >= 4 is 28.4 Å². The molecule has 0 aliphatic rings. The number of nitrogens with one attached hydrogen (secondary N) is 1. The molecular formula is C17H15N3OS. The molecule has 0 heterocycles. The predicted octanol–water partition coefficient (Wildman–Crippen LogP) is 3.65. The Balaban J connectivity index is 2.42. The van der Waals surface area contributed by atoms with Crippen LogP contribution >= 0.6 is 11.8 Å². The molecule has 0 aliphatic heterocycles. The van der Waals surface area contributed by atoms with Gasteiger partial charge in [0.25, 0.3) is 0 Å². The highest BCUT2D eigenvalue weighted by Gasteiger charge is 2.13. The van der Waals surface area contributed by atoms with Gasteiger partial charge in [-0.3, -0.25) is 10.1 Å². The maximum Gasteiger partial charge on any atom is 0.195 e. The van der Waals surface area contributed by atoms with Crippen LogP contribution in [0, 0.1) is 18.4 Å². The van der Waals surface area contributed by atoms with Crippen molar-refractivity contribution in [3.8, 4) is 6.19 Å². The molecule has 5 heteroatoms. The van der Waals surface area contributed by atoms with Gasteiger partial charge in [0.15, 0.2) is 17.1 Å². The number of amidine groups is 1. The van der Waals surface area contributed by atoms with Crippen molar-refractivity contribution in [1.82, 2.24) is 5.32 Å². The van der Waals surface area contributed by atoms with E-state index in [-0.39, 0.29) is 5.78 Å². The third-order valence-corrected chi connectivity index (χ3v) is 3.62. The number of aliphatic imine (C=N–C) groups is 1. The van der Waals surface area contributed by atoms with Crippen LogP contribution in [0.15, 0.2) is 53.5 Å². The molecule has 4 nitrogen and oxygen atoms in total. The van der Waals surface area contributed by atoms with Crippen molar-refractivity contribution in [1.29, 1.82) is 5.26 Å². The molecule has 2 aromatic rings. The van der Waals surface area contributed by atoms with Crippen molar-refractivity contribution in [2.45, 2.75) is 6.92 Å². The van der Waals surface area contributed by atoms with E-state index < -0.39 is 0 Å². The molecule has 0 spiro atoms. The topological polar surface area (TPSA) is 65.2 Å². The molecule has 0 saturated heterocycles. The Kier molecular flexibility index (Phi) is 5.34. The van der Waals surface area contributed by atoms with Gasteiger partial charge in [-0.15, -0.1) is 0 Å². The van der Waals surface area contributed by atoms with Crippen LogP contribution in [0.25, 0.3) is 0 Å². The van der Waals surface area contributed by atoms with Crippen LogP contribution in [-0.4, -0.2) is 17.2 Å². The highest BCUT2D eigenvalue weighted by atomic mass is 32.2. The Labute approximate surface area is 133 Å². The second-order valence-corrected chi connectivity index (χ2v) is 5.37. The predicted molar refractivity (Wildman–Crippen MR) is 90.4 cm³/mol. The summed E-state index contributed by atoms with van der Waals surface area (Å²) in [6, 6.07) is 14.5. The zero-order chi connectivity index (χ0) is 15.9. The minimum Gasteiger partial charge on any atom is -0.289 e. The van der Waals surface area contributed by atoms with Crippen LogP contribution in [0.1, 0.15) is 21.5 Å². The van der Waals surface area contributed by atoms with E-state index in [1.54, 1.807) is 30.3 Å². The highest BCUT2D eigenvalue weighted by Crippen LogP contribution is 2.23. The van der Waals surface area contributed by atoms with Gasteiger partial charge in [0, 0.05) is 11.1 Å². The number of thioether (sulfide) groups is 1. The average Bonchev–Trinajstić information content (AvgIpc) is 2.55. The fourth-order valence-corrected chi connectivity index (χ4v) is 2.24. The Bertz CT molecular complexity index is 745. The molecule has 0 unspecified atom stereocenters. The van der Waals surface area contributed by atoms with Gasteiger partial charge in [-0.2, -0.15) is 5.26 Å². The first kappa shape index (κ1) is 15.8. The fourth-order valence-electron chi connectivity index (χ4n) is 1.91. The van der Waals surface area contributed by atoms with Crippen molar-refractivity contribution < 1.29 is 4.79 Å². The van der Waals surface area contributed by atoms with E-state index in [9.17, 15) is 4.79 Å². The first-order chi connectivity index (χ1) is 10.7. The lowest BCUT2D eigenvalue weighted by Crippen LogP contribution is -2.13. The van der Waals surface area contributed by atoms with Gasteiger partial charge in [-0.1, -0.05) is 53.7 Å². The Morgan fingerprint density at radius 2 is 1.86 bits per heavy atom. The average molecular weight is 309 g/mol. The summed E-state index contributed by atoms with van der Waals surface area (Å²) in [7, 11) is 0. The number of aryl methyl sites for hydroxylation is 1. The zero-order valence-corrected chi connectivity index (χ0v) is 13.1. The van der Waals surface area contributed by atoms with Crippen LogP contribution in [0.2, 0.25) is 0 Å². The number of nitriles is 1. The van der Waals surface area contributed by atoms with Crippen LogP contribution in [0.5, 0.6) is 0 Å². The summed E-state index contributed by atoms with van der Waals surface area (Å²) >= 11 is 1.31. The highest BCUT2D eigenvalue weighted by molar-refractivity contribution is 8.13. The summed E-state index contributed by atoms with van der Waals surface area (Å²) in [4.78, 5) is 17.0. The first-order valence-corrected chi connectivity index (χ1v) is 7.86. The van der Waals surface area contributed by atoms with Crippen molar-refractivity contribution in [3.05, 3.63) is 65.2 Å². The summed E-state index contributed by atoms with van der Waals surface area (Å²) in [5.41, 5.74) is 2.77. The van der Waals surface area contributed by atoms with Gasteiger partial charge >= 0.3 is 0 Å². The van der Waals surface area contributed by atoms with Crippen LogP contribution in [-0.2, 0) is 0 Å². The largest absolute Gasteiger partial charge is 0.289 e. The molecule has 0 aliphatic carbocycles. The summed E-state index contributed by atoms with van der Waals surface area (Å²) in [5.74, 6) is -0.0863. The maximum atomic E-state index is 12.6. The first-order valence-electron chi connectivity index (χ1n) is 6.64. The number of hydrogen-bond donors (Lipinski definition) is 1. The molecule has 0 atom stereocenters. The molecule has 2 rings (SSSR count). The maximum absolute atomic E-state index is 12.6. The van der Waals surface area contributed by atoms with Crippen LogP contribution in [0.4, 0.5) is 5.69 Å². The minimum absolute atomic E-state index is 0.0863. The summed E-state index contributed by atoms with van der Waals surface area (Å²) in [6.07, 6.45) is 3.65. The van der Waals surface area contributed by atoms with Gasteiger partial charge in [-0.25, -0.2) is 4.99 Å². The minimum atomic E-state index is -0.0863. The quantitative estimate of drug-likeness (QED) is 0.309. The molecule has 0 saturated carbocycles. The number of rotatable bonds is 3. The van der Waals surface area contributed by atoms with E-state index >= 15 is 0 Å². The number of carbonyl (C=O) groups excluding carboxylic acids is 1. The number of hydrogen-bond acceptors (Lipinski definition) is 4. The van der Waals surface area contributed by atoms with E-state index in [2.05, 4.69) is 10.3 Å². The SMILES string of the molecule is CSC(=Nc1ccccc1C(=O)c1ccc(C)cc1)NC#N. The smallest absolute Gasteiger partial charge is 0.195 e. The summed E-state index contributed by atoms with van der Waals surface area (Å²) < 4.78 is 0. The fraction of sp³-hybridized carbons (Fsp3) is 0.118. The number of ketones is 1.